The molecule has 1 atom stereocenters. The highest BCUT2D eigenvalue weighted by Crippen LogP contribution is 2.27. The zero-order valence-corrected chi connectivity index (χ0v) is 18.9. The summed E-state index contributed by atoms with van der Waals surface area (Å²) in [7, 11) is 0. The van der Waals surface area contributed by atoms with Gasteiger partial charge < -0.3 is 19.3 Å². The standard InChI is InChI=1S/C26H31FN2O4/c27-22-11-9-21(10-12-22)17-24(30)29-15-16-33-26(19-29,20-32-23-7-3-1-4-8-23)18-25(31)28-13-5-2-6-14-28/h1,3-4,7-12H,2,5-6,13-20H2. The maximum absolute atomic E-state index is 13.2. The van der Waals surface area contributed by atoms with Crippen LogP contribution in [0.2, 0.25) is 0 Å². The SMILES string of the molecule is O=C(CC1(COc2ccccc2)CN(C(=O)Cc2ccc(F)cc2)CCO1)N1CCCCC1. The molecule has 2 fully saturated rings. The number of hydrogen-bond acceptors (Lipinski definition) is 4. The van der Waals surface area contributed by atoms with Gasteiger partial charge in [0.25, 0.3) is 0 Å². The molecule has 176 valence electrons. The number of para-hydroxylation sites is 1. The number of ether oxygens (including phenoxy) is 2. The van der Waals surface area contributed by atoms with E-state index in [0.29, 0.717) is 18.9 Å². The minimum absolute atomic E-state index is 0.0409. The molecule has 0 bridgehead atoms. The number of carbonyl (C=O) groups excluding carboxylic acids is 2. The Morgan fingerprint density at radius 1 is 0.909 bits per heavy atom. The minimum Gasteiger partial charge on any atom is -0.490 e. The quantitative estimate of drug-likeness (QED) is 0.643. The van der Waals surface area contributed by atoms with Crippen LogP contribution in [0.5, 0.6) is 5.75 Å². The van der Waals surface area contributed by atoms with Gasteiger partial charge in [-0.1, -0.05) is 30.3 Å². The van der Waals surface area contributed by atoms with Crippen molar-refractivity contribution >= 4 is 11.8 Å². The molecule has 7 heteroatoms. The number of likely N-dealkylation sites (tertiary alicyclic amines) is 1. The van der Waals surface area contributed by atoms with E-state index in [2.05, 4.69) is 0 Å². The molecule has 0 aromatic heterocycles. The van der Waals surface area contributed by atoms with Crippen LogP contribution in [0.4, 0.5) is 4.39 Å². The van der Waals surface area contributed by atoms with Crippen LogP contribution in [0.1, 0.15) is 31.2 Å². The van der Waals surface area contributed by atoms with E-state index in [1.807, 2.05) is 35.2 Å². The second-order valence-electron chi connectivity index (χ2n) is 8.87. The van der Waals surface area contributed by atoms with Crippen LogP contribution in [0.25, 0.3) is 0 Å². The Kier molecular flexibility index (Phi) is 7.60. The fraction of sp³-hybridized carbons (Fsp3) is 0.462. The molecular formula is C26H31FN2O4. The number of rotatable bonds is 7. The van der Waals surface area contributed by atoms with Crippen molar-refractivity contribution in [2.24, 2.45) is 0 Å². The Balaban J connectivity index is 1.47. The third kappa shape index (κ3) is 6.32. The summed E-state index contributed by atoms with van der Waals surface area (Å²) in [6.45, 7) is 2.77. The zero-order chi connectivity index (χ0) is 23.1. The van der Waals surface area contributed by atoms with Gasteiger partial charge in [0.2, 0.25) is 11.8 Å². The van der Waals surface area contributed by atoms with Crippen LogP contribution in [-0.4, -0.2) is 66.6 Å². The topological polar surface area (TPSA) is 59.1 Å². The summed E-state index contributed by atoms with van der Waals surface area (Å²) in [6, 6.07) is 15.4. The number of hydrogen-bond donors (Lipinski definition) is 0. The number of nitrogens with zero attached hydrogens (tertiary/aromatic N) is 2. The highest BCUT2D eigenvalue weighted by Gasteiger charge is 2.42. The molecule has 0 spiro atoms. The predicted octanol–water partition coefficient (Wildman–Crippen LogP) is 3.45. The normalized spacial score (nSPS) is 21.0. The van der Waals surface area contributed by atoms with Crippen LogP contribution in [0.3, 0.4) is 0 Å². The molecule has 2 aromatic rings. The molecule has 2 aliphatic rings. The summed E-state index contributed by atoms with van der Waals surface area (Å²) in [5.74, 6) is 0.338. The summed E-state index contributed by atoms with van der Waals surface area (Å²) >= 11 is 0. The Labute approximate surface area is 194 Å². The fourth-order valence-corrected chi connectivity index (χ4v) is 4.45. The first-order valence-corrected chi connectivity index (χ1v) is 11.6. The van der Waals surface area contributed by atoms with Crippen molar-refractivity contribution < 1.29 is 23.5 Å². The van der Waals surface area contributed by atoms with Gasteiger partial charge in [-0.15, -0.1) is 0 Å². The maximum Gasteiger partial charge on any atom is 0.227 e. The monoisotopic (exact) mass is 454 g/mol. The van der Waals surface area contributed by atoms with E-state index in [0.717, 1.165) is 37.9 Å². The van der Waals surface area contributed by atoms with Crippen molar-refractivity contribution in [2.75, 3.05) is 39.4 Å². The van der Waals surface area contributed by atoms with Gasteiger partial charge in [0.15, 0.2) is 0 Å². The molecule has 2 saturated heterocycles. The van der Waals surface area contributed by atoms with Crippen molar-refractivity contribution in [3.8, 4) is 5.75 Å². The minimum atomic E-state index is -0.916. The van der Waals surface area contributed by atoms with Crippen molar-refractivity contribution in [3.63, 3.8) is 0 Å². The Hall–Kier alpha value is -2.93. The Morgan fingerprint density at radius 2 is 1.64 bits per heavy atom. The van der Waals surface area contributed by atoms with E-state index in [1.54, 1.807) is 17.0 Å². The fourth-order valence-electron chi connectivity index (χ4n) is 4.45. The number of carbonyl (C=O) groups is 2. The largest absolute Gasteiger partial charge is 0.490 e. The van der Waals surface area contributed by atoms with E-state index in [9.17, 15) is 14.0 Å². The lowest BCUT2D eigenvalue weighted by atomic mass is 9.95. The van der Waals surface area contributed by atoms with Gasteiger partial charge in [-0.25, -0.2) is 4.39 Å². The lowest BCUT2D eigenvalue weighted by molar-refractivity contribution is -0.166. The summed E-state index contributed by atoms with van der Waals surface area (Å²) in [5.41, 5.74) is -0.162. The van der Waals surface area contributed by atoms with E-state index < -0.39 is 5.60 Å². The van der Waals surface area contributed by atoms with Crippen LogP contribution < -0.4 is 4.74 Å². The molecule has 4 rings (SSSR count). The lowest BCUT2D eigenvalue weighted by Gasteiger charge is -2.43. The van der Waals surface area contributed by atoms with Crippen molar-refractivity contribution in [3.05, 3.63) is 66.0 Å². The van der Waals surface area contributed by atoms with E-state index in [-0.39, 0.29) is 43.6 Å². The molecule has 0 N–H and O–H groups in total. The molecule has 2 aliphatic heterocycles. The predicted molar refractivity (Wildman–Crippen MR) is 122 cm³/mol. The molecule has 1 unspecified atom stereocenters. The van der Waals surface area contributed by atoms with Gasteiger partial charge in [-0.05, 0) is 49.1 Å². The Morgan fingerprint density at radius 3 is 2.36 bits per heavy atom. The second-order valence-corrected chi connectivity index (χ2v) is 8.87. The van der Waals surface area contributed by atoms with Crippen LogP contribution in [-0.2, 0) is 20.7 Å². The molecule has 0 aliphatic carbocycles. The maximum atomic E-state index is 13.2. The molecule has 2 aromatic carbocycles. The molecule has 2 heterocycles. The summed E-state index contributed by atoms with van der Waals surface area (Å²) in [4.78, 5) is 29.8. The number of halogens is 1. The van der Waals surface area contributed by atoms with E-state index in [4.69, 9.17) is 9.47 Å². The highest BCUT2D eigenvalue weighted by atomic mass is 19.1. The van der Waals surface area contributed by atoms with Crippen LogP contribution >= 0.6 is 0 Å². The Bertz CT molecular complexity index is 931. The molecule has 2 amide bonds. The van der Waals surface area contributed by atoms with E-state index in [1.165, 1.54) is 12.1 Å². The average molecular weight is 455 g/mol. The first-order chi connectivity index (χ1) is 16.0. The first kappa shape index (κ1) is 23.2. The highest BCUT2D eigenvalue weighted by molar-refractivity contribution is 5.80. The average Bonchev–Trinajstić information content (AvgIpc) is 2.85. The smallest absolute Gasteiger partial charge is 0.227 e. The molecule has 0 radical (unpaired) electrons. The van der Waals surface area contributed by atoms with Gasteiger partial charge in [-0.3, -0.25) is 9.59 Å². The number of piperidine rings is 1. The van der Waals surface area contributed by atoms with Crippen molar-refractivity contribution in [2.45, 2.75) is 37.7 Å². The van der Waals surface area contributed by atoms with Crippen LogP contribution in [0, 0.1) is 5.82 Å². The lowest BCUT2D eigenvalue weighted by Crippen LogP contribution is -2.58. The third-order valence-corrected chi connectivity index (χ3v) is 6.30. The summed E-state index contributed by atoms with van der Waals surface area (Å²) in [6.07, 6.45) is 3.52. The van der Waals surface area contributed by atoms with Gasteiger partial charge in [0.1, 0.15) is 23.8 Å². The van der Waals surface area contributed by atoms with E-state index >= 15 is 0 Å². The summed E-state index contributed by atoms with van der Waals surface area (Å²) < 4.78 is 25.4. The first-order valence-electron chi connectivity index (χ1n) is 11.6. The third-order valence-electron chi connectivity index (χ3n) is 6.30. The molecule has 6 nitrogen and oxygen atoms in total. The number of amides is 2. The molecular weight excluding hydrogens is 423 g/mol. The molecule has 33 heavy (non-hydrogen) atoms. The number of benzene rings is 2. The van der Waals surface area contributed by atoms with Crippen molar-refractivity contribution in [1.29, 1.82) is 0 Å². The summed E-state index contributed by atoms with van der Waals surface area (Å²) in [5, 5.41) is 0. The van der Waals surface area contributed by atoms with Crippen LogP contribution in [0.15, 0.2) is 54.6 Å². The van der Waals surface area contributed by atoms with Gasteiger partial charge >= 0.3 is 0 Å². The van der Waals surface area contributed by atoms with Gasteiger partial charge in [0.05, 0.1) is 26.0 Å². The van der Waals surface area contributed by atoms with Gasteiger partial charge in [-0.2, -0.15) is 0 Å². The van der Waals surface area contributed by atoms with Gasteiger partial charge in [0, 0.05) is 19.6 Å². The molecule has 0 saturated carbocycles. The number of morpholine rings is 1. The second kappa shape index (κ2) is 10.8. The zero-order valence-electron chi connectivity index (χ0n) is 18.9. The van der Waals surface area contributed by atoms with Crippen molar-refractivity contribution in [1.82, 2.24) is 9.80 Å².